The van der Waals surface area contributed by atoms with Crippen LogP contribution >= 0.6 is 0 Å². The smallest absolute Gasteiger partial charge is 0.338 e. The lowest BCUT2D eigenvalue weighted by atomic mass is 10.1. The Balaban J connectivity index is 1.71. The van der Waals surface area contributed by atoms with Gasteiger partial charge in [0.05, 0.1) is 22.5 Å². The van der Waals surface area contributed by atoms with E-state index in [4.69, 9.17) is 4.74 Å². The highest BCUT2D eigenvalue weighted by Gasteiger charge is 2.43. The molecule has 3 aromatic carbocycles. The number of methoxy groups -OCH3 is 1. The molecule has 1 amide bonds. The van der Waals surface area contributed by atoms with Crippen LogP contribution < -0.4 is 5.32 Å². The molecule has 0 radical (unpaired) electrons. The van der Waals surface area contributed by atoms with Gasteiger partial charge in [0.2, 0.25) is 26.0 Å². The third-order valence-electron chi connectivity index (χ3n) is 6.32. The number of nitrogens with zero attached hydrogens (tertiary/aromatic N) is 2. The van der Waals surface area contributed by atoms with Crippen molar-refractivity contribution in [2.75, 3.05) is 32.1 Å². The van der Waals surface area contributed by atoms with Crippen LogP contribution in [0.3, 0.4) is 0 Å². The minimum atomic E-state index is -4.14. The van der Waals surface area contributed by atoms with E-state index in [2.05, 4.69) is 5.32 Å². The number of piperazine rings is 1. The maximum Gasteiger partial charge on any atom is 0.338 e. The molecular formula is C26H27N3O7S2. The molecule has 1 aliphatic rings. The van der Waals surface area contributed by atoms with Gasteiger partial charge in [-0.3, -0.25) is 4.79 Å². The zero-order valence-electron chi connectivity index (χ0n) is 20.8. The van der Waals surface area contributed by atoms with E-state index >= 15 is 0 Å². The van der Waals surface area contributed by atoms with Gasteiger partial charge in [0.25, 0.3) is 0 Å². The standard InChI is InChI=1S/C26H27N3O7S2/c1-19-22(26(31)36-2)14-9-15-23(19)27-25(30)24-18-28(37(32,33)20-10-5-3-6-11-20)16-17-29(24)38(34,35)21-12-7-4-8-13-21/h3-15,24H,16-18H2,1-2H3,(H,27,30)/t24-/m0/s1. The summed E-state index contributed by atoms with van der Waals surface area (Å²) in [5.41, 5.74) is 0.934. The van der Waals surface area contributed by atoms with Crippen LogP contribution in [0.4, 0.5) is 5.69 Å². The number of ether oxygens (including phenoxy) is 1. The summed E-state index contributed by atoms with van der Waals surface area (Å²) in [7, 11) is -6.90. The van der Waals surface area contributed by atoms with E-state index in [-0.39, 0.29) is 34.1 Å². The van der Waals surface area contributed by atoms with Crippen LogP contribution in [0.15, 0.2) is 88.7 Å². The fraction of sp³-hybridized carbons (Fsp3) is 0.231. The van der Waals surface area contributed by atoms with Gasteiger partial charge in [-0.05, 0) is 48.9 Å². The van der Waals surface area contributed by atoms with Crippen LogP contribution in [0, 0.1) is 6.92 Å². The Kier molecular flexibility index (Phi) is 7.97. The fourth-order valence-electron chi connectivity index (χ4n) is 4.25. The van der Waals surface area contributed by atoms with Gasteiger partial charge in [-0.1, -0.05) is 42.5 Å². The van der Waals surface area contributed by atoms with Crippen molar-refractivity contribution in [3.8, 4) is 0 Å². The largest absolute Gasteiger partial charge is 0.465 e. The molecule has 1 atom stereocenters. The Bertz CT molecular complexity index is 1540. The zero-order valence-corrected chi connectivity index (χ0v) is 22.4. The van der Waals surface area contributed by atoms with Crippen molar-refractivity contribution in [3.05, 3.63) is 90.0 Å². The number of nitrogens with one attached hydrogen (secondary N) is 1. The van der Waals surface area contributed by atoms with Crippen LogP contribution in [0.5, 0.6) is 0 Å². The first-order valence-electron chi connectivity index (χ1n) is 11.7. The van der Waals surface area contributed by atoms with E-state index in [0.29, 0.717) is 5.56 Å². The molecule has 0 aromatic heterocycles. The molecule has 1 fully saturated rings. The predicted molar refractivity (Wildman–Crippen MR) is 140 cm³/mol. The first-order chi connectivity index (χ1) is 18.1. The minimum absolute atomic E-state index is 0.0129. The van der Waals surface area contributed by atoms with Crippen molar-refractivity contribution in [2.24, 2.45) is 0 Å². The summed E-state index contributed by atoms with van der Waals surface area (Å²) in [6.07, 6.45) is 0. The van der Waals surface area contributed by atoms with E-state index in [1.807, 2.05) is 0 Å². The number of benzene rings is 3. The Morgan fingerprint density at radius 3 is 1.97 bits per heavy atom. The van der Waals surface area contributed by atoms with Gasteiger partial charge in [0, 0.05) is 25.3 Å². The summed E-state index contributed by atoms with van der Waals surface area (Å²) in [4.78, 5) is 25.7. The first-order valence-corrected chi connectivity index (χ1v) is 14.6. The molecule has 10 nitrogen and oxygen atoms in total. The third kappa shape index (κ3) is 5.34. The first kappa shape index (κ1) is 27.5. The summed E-state index contributed by atoms with van der Waals surface area (Å²) < 4.78 is 60.7. The Hall–Kier alpha value is -3.58. The predicted octanol–water partition coefficient (Wildman–Crippen LogP) is 2.48. The Morgan fingerprint density at radius 1 is 0.816 bits per heavy atom. The number of anilines is 1. The molecule has 4 rings (SSSR count). The molecule has 0 saturated carbocycles. The van der Waals surface area contributed by atoms with Gasteiger partial charge in [0.1, 0.15) is 6.04 Å². The molecule has 1 N–H and O–H groups in total. The van der Waals surface area contributed by atoms with E-state index in [0.717, 1.165) is 8.61 Å². The lowest BCUT2D eigenvalue weighted by Gasteiger charge is -2.39. The van der Waals surface area contributed by atoms with Crippen molar-refractivity contribution in [2.45, 2.75) is 22.8 Å². The summed E-state index contributed by atoms with van der Waals surface area (Å²) in [6.45, 7) is 0.852. The van der Waals surface area contributed by atoms with Gasteiger partial charge >= 0.3 is 5.97 Å². The topological polar surface area (TPSA) is 130 Å². The third-order valence-corrected chi connectivity index (χ3v) is 10.1. The number of carbonyl (C=O) groups is 2. The van der Waals surface area contributed by atoms with E-state index in [1.54, 1.807) is 55.5 Å². The lowest BCUT2D eigenvalue weighted by molar-refractivity contribution is -0.120. The van der Waals surface area contributed by atoms with E-state index in [9.17, 15) is 26.4 Å². The quantitative estimate of drug-likeness (QED) is 0.442. The molecule has 3 aromatic rings. The monoisotopic (exact) mass is 557 g/mol. The molecule has 1 heterocycles. The van der Waals surface area contributed by atoms with Gasteiger partial charge in [-0.25, -0.2) is 21.6 Å². The average molecular weight is 558 g/mol. The molecule has 38 heavy (non-hydrogen) atoms. The van der Waals surface area contributed by atoms with Crippen LogP contribution in [-0.2, 0) is 29.6 Å². The second-order valence-electron chi connectivity index (χ2n) is 8.58. The van der Waals surface area contributed by atoms with Gasteiger partial charge in [0.15, 0.2) is 0 Å². The second-order valence-corrected chi connectivity index (χ2v) is 12.4. The van der Waals surface area contributed by atoms with Crippen molar-refractivity contribution in [3.63, 3.8) is 0 Å². The highest BCUT2D eigenvalue weighted by atomic mass is 32.2. The minimum Gasteiger partial charge on any atom is -0.465 e. The number of hydrogen-bond acceptors (Lipinski definition) is 7. The normalized spacial score (nSPS) is 17.1. The molecular weight excluding hydrogens is 530 g/mol. The van der Waals surface area contributed by atoms with Crippen molar-refractivity contribution in [1.29, 1.82) is 0 Å². The molecule has 1 aliphatic heterocycles. The molecule has 0 spiro atoms. The molecule has 0 unspecified atom stereocenters. The van der Waals surface area contributed by atoms with Gasteiger partial charge < -0.3 is 10.1 Å². The van der Waals surface area contributed by atoms with Crippen LogP contribution in [-0.4, -0.2) is 70.1 Å². The number of carbonyl (C=O) groups excluding carboxylic acids is 2. The Labute approximate surface area is 221 Å². The molecule has 200 valence electrons. The number of rotatable bonds is 7. The lowest BCUT2D eigenvalue weighted by Crippen LogP contribution is -2.60. The van der Waals surface area contributed by atoms with Gasteiger partial charge in [-0.2, -0.15) is 8.61 Å². The van der Waals surface area contributed by atoms with Gasteiger partial charge in [-0.15, -0.1) is 0 Å². The zero-order chi connectivity index (χ0) is 27.5. The van der Waals surface area contributed by atoms with Crippen LogP contribution in [0.2, 0.25) is 0 Å². The van der Waals surface area contributed by atoms with E-state index in [1.165, 1.54) is 37.4 Å². The number of hydrogen-bond donors (Lipinski definition) is 1. The summed E-state index contributed by atoms with van der Waals surface area (Å²) in [5, 5.41) is 2.69. The molecule has 0 aliphatic carbocycles. The summed E-state index contributed by atoms with van der Waals surface area (Å²) in [6, 6.07) is 18.7. The van der Waals surface area contributed by atoms with Crippen LogP contribution in [0.1, 0.15) is 15.9 Å². The highest BCUT2D eigenvalue weighted by molar-refractivity contribution is 7.89. The van der Waals surface area contributed by atoms with Crippen molar-refractivity contribution >= 4 is 37.6 Å². The summed E-state index contributed by atoms with van der Waals surface area (Å²) in [5.74, 6) is -1.33. The average Bonchev–Trinajstić information content (AvgIpc) is 2.94. The SMILES string of the molecule is COC(=O)c1cccc(NC(=O)[C@@H]2CN(S(=O)(=O)c3ccccc3)CCN2S(=O)(=O)c2ccccc2)c1C. The highest BCUT2D eigenvalue weighted by Crippen LogP contribution is 2.27. The molecule has 0 bridgehead atoms. The van der Waals surface area contributed by atoms with Crippen molar-refractivity contribution in [1.82, 2.24) is 8.61 Å². The molecule has 12 heteroatoms. The maximum atomic E-state index is 13.6. The maximum absolute atomic E-state index is 13.6. The number of sulfonamides is 2. The fourth-order valence-corrected chi connectivity index (χ4v) is 7.30. The van der Waals surface area contributed by atoms with Crippen molar-refractivity contribution < 1.29 is 31.2 Å². The second kappa shape index (κ2) is 11.0. The van der Waals surface area contributed by atoms with Crippen LogP contribution in [0.25, 0.3) is 0 Å². The molecule has 1 saturated heterocycles. The Morgan fingerprint density at radius 2 is 1.39 bits per heavy atom. The number of amides is 1. The number of esters is 1. The van der Waals surface area contributed by atoms with E-state index < -0.39 is 44.5 Å². The summed E-state index contributed by atoms with van der Waals surface area (Å²) >= 11 is 0.